The monoisotopic (exact) mass is 275 g/mol. The van der Waals surface area contributed by atoms with Gasteiger partial charge in [-0.25, -0.2) is 0 Å². The van der Waals surface area contributed by atoms with E-state index >= 15 is 0 Å². The van der Waals surface area contributed by atoms with Crippen LogP contribution in [0.25, 0.3) is 11.5 Å². The summed E-state index contributed by atoms with van der Waals surface area (Å²) in [5.74, 6) is 0.671. The minimum Gasteiger partial charge on any atom is -0.423 e. The number of benzene rings is 1. The molecule has 1 amide bonds. The van der Waals surface area contributed by atoms with Crippen LogP contribution in [0.5, 0.6) is 0 Å². The highest BCUT2D eigenvalue weighted by molar-refractivity contribution is 6.58. The van der Waals surface area contributed by atoms with E-state index < -0.39 is 7.12 Å². The predicted octanol–water partition coefficient (Wildman–Crippen LogP) is -0.905. The molecule has 0 fully saturated rings. The molecule has 20 heavy (non-hydrogen) atoms. The molecule has 8 heteroatoms. The summed E-state index contributed by atoms with van der Waals surface area (Å²) in [6.07, 6.45) is 0.458. The van der Waals surface area contributed by atoms with Gasteiger partial charge in [0.2, 0.25) is 17.7 Å². The standard InChI is InChI=1S/C12H14BN3O4/c1-8(17)14-7-6-11-15-16-12(20-11)9-2-4-10(5-3-9)13(18)19/h2-5,18-19H,6-7H2,1H3,(H,14,17). The summed E-state index contributed by atoms with van der Waals surface area (Å²) in [6.45, 7) is 1.88. The van der Waals surface area contributed by atoms with Gasteiger partial charge in [0.15, 0.2) is 0 Å². The Morgan fingerprint density at radius 1 is 1.30 bits per heavy atom. The fraction of sp³-hybridized carbons (Fsp3) is 0.250. The minimum atomic E-state index is -1.50. The highest BCUT2D eigenvalue weighted by atomic mass is 16.4. The van der Waals surface area contributed by atoms with Crippen molar-refractivity contribution in [3.63, 3.8) is 0 Å². The van der Waals surface area contributed by atoms with Crippen LogP contribution in [-0.2, 0) is 11.2 Å². The summed E-state index contributed by atoms with van der Waals surface area (Å²) in [5.41, 5.74) is 1.08. The quantitative estimate of drug-likeness (QED) is 0.610. The number of nitrogens with one attached hydrogen (secondary N) is 1. The van der Waals surface area contributed by atoms with Crippen molar-refractivity contribution in [3.8, 4) is 11.5 Å². The normalized spacial score (nSPS) is 10.3. The van der Waals surface area contributed by atoms with Crippen LogP contribution in [0, 0.1) is 0 Å². The van der Waals surface area contributed by atoms with Gasteiger partial charge in [0.25, 0.3) is 0 Å². The van der Waals surface area contributed by atoms with Crippen LogP contribution in [-0.4, -0.2) is 39.8 Å². The molecular weight excluding hydrogens is 261 g/mol. The molecule has 1 aromatic heterocycles. The number of hydrogen-bond acceptors (Lipinski definition) is 6. The molecule has 7 nitrogen and oxygen atoms in total. The van der Waals surface area contributed by atoms with E-state index in [0.29, 0.717) is 35.8 Å². The molecule has 0 atom stereocenters. The molecule has 0 unspecified atom stereocenters. The Morgan fingerprint density at radius 2 is 2.00 bits per heavy atom. The summed E-state index contributed by atoms with van der Waals surface area (Å²) < 4.78 is 5.45. The van der Waals surface area contributed by atoms with Crippen molar-refractivity contribution in [3.05, 3.63) is 30.2 Å². The number of carbonyl (C=O) groups excluding carboxylic acids is 1. The van der Waals surface area contributed by atoms with E-state index in [1.165, 1.54) is 6.92 Å². The average Bonchev–Trinajstić information content (AvgIpc) is 2.87. The maximum atomic E-state index is 10.7. The molecule has 0 radical (unpaired) electrons. The Labute approximate surface area is 115 Å². The van der Waals surface area contributed by atoms with Crippen molar-refractivity contribution < 1.29 is 19.3 Å². The first-order valence-electron chi connectivity index (χ1n) is 6.09. The molecule has 0 saturated carbocycles. The van der Waals surface area contributed by atoms with Gasteiger partial charge in [0.1, 0.15) is 0 Å². The van der Waals surface area contributed by atoms with Crippen molar-refractivity contribution in [1.29, 1.82) is 0 Å². The molecule has 2 rings (SSSR count). The lowest BCUT2D eigenvalue weighted by atomic mass is 9.80. The van der Waals surface area contributed by atoms with E-state index in [9.17, 15) is 4.79 Å². The summed E-state index contributed by atoms with van der Waals surface area (Å²) in [7, 11) is -1.50. The molecule has 0 bridgehead atoms. The van der Waals surface area contributed by atoms with Gasteiger partial charge in [-0.1, -0.05) is 12.1 Å². The SMILES string of the molecule is CC(=O)NCCc1nnc(-c2ccc(B(O)O)cc2)o1. The average molecular weight is 275 g/mol. The zero-order valence-electron chi connectivity index (χ0n) is 10.9. The Hall–Kier alpha value is -2.19. The van der Waals surface area contributed by atoms with E-state index in [0.717, 1.165) is 0 Å². The fourth-order valence-electron chi connectivity index (χ4n) is 1.61. The van der Waals surface area contributed by atoms with Crippen LogP contribution in [0.2, 0.25) is 0 Å². The molecule has 2 aromatic rings. The number of nitrogens with zero attached hydrogens (tertiary/aromatic N) is 2. The van der Waals surface area contributed by atoms with Crippen LogP contribution in [0.1, 0.15) is 12.8 Å². The zero-order valence-corrected chi connectivity index (χ0v) is 10.9. The second kappa shape index (κ2) is 6.31. The number of amides is 1. The summed E-state index contributed by atoms with van der Waals surface area (Å²) in [4.78, 5) is 10.7. The molecule has 0 aliphatic heterocycles. The second-order valence-corrected chi connectivity index (χ2v) is 4.23. The lowest BCUT2D eigenvalue weighted by molar-refractivity contribution is -0.118. The zero-order chi connectivity index (χ0) is 14.5. The molecule has 0 aliphatic rings. The Bertz CT molecular complexity index is 583. The Balaban J connectivity index is 2.02. The van der Waals surface area contributed by atoms with Gasteiger partial charge in [0.05, 0.1) is 0 Å². The topological polar surface area (TPSA) is 108 Å². The molecule has 104 valence electrons. The molecule has 0 saturated heterocycles. The van der Waals surface area contributed by atoms with E-state index in [4.69, 9.17) is 14.5 Å². The highest BCUT2D eigenvalue weighted by Crippen LogP contribution is 2.16. The predicted molar refractivity (Wildman–Crippen MR) is 71.9 cm³/mol. The van der Waals surface area contributed by atoms with Crippen LogP contribution in [0.3, 0.4) is 0 Å². The van der Waals surface area contributed by atoms with Crippen molar-refractivity contribution >= 4 is 18.5 Å². The van der Waals surface area contributed by atoms with Crippen LogP contribution >= 0.6 is 0 Å². The maximum absolute atomic E-state index is 10.7. The maximum Gasteiger partial charge on any atom is 0.488 e. The number of aromatic nitrogens is 2. The smallest absolute Gasteiger partial charge is 0.423 e. The van der Waals surface area contributed by atoms with Gasteiger partial charge in [-0.3, -0.25) is 4.79 Å². The fourth-order valence-corrected chi connectivity index (χ4v) is 1.61. The first-order valence-corrected chi connectivity index (χ1v) is 6.09. The Kier molecular flexibility index (Phi) is 4.49. The second-order valence-electron chi connectivity index (χ2n) is 4.23. The third-order valence-corrected chi connectivity index (χ3v) is 2.64. The Morgan fingerprint density at radius 3 is 2.60 bits per heavy atom. The van der Waals surface area contributed by atoms with Crippen molar-refractivity contribution in [2.45, 2.75) is 13.3 Å². The lowest BCUT2D eigenvalue weighted by Gasteiger charge is -2.00. The first kappa shape index (κ1) is 14.2. The highest BCUT2D eigenvalue weighted by Gasteiger charge is 2.12. The third kappa shape index (κ3) is 3.66. The van der Waals surface area contributed by atoms with Gasteiger partial charge in [-0.15, -0.1) is 10.2 Å². The van der Waals surface area contributed by atoms with Crippen molar-refractivity contribution in [1.82, 2.24) is 15.5 Å². The van der Waals surface area contributed by atoms with Crippen LogP contribution < -0.4 is 10.8 Å². The summed E-state index contributed by atoms with van der Waals surface area (Å²) in [5, 5.41) is 28.4. The van der Waals surface area contributed by atoms with Crippen molar-refractivity contribution in [2.75, 3.05) is 6.54 Å². The minimum absolute atomic E-state index is 0.108. The number of carbonyl (C=O) groups is 1. The molecular formula is C12H14BN3O4. The molecule has 1 aromatic carbocycles. The van der Waals surface area contributed by atoms with E-state index in [2.05, 4.69) is 15.5 Å². The molecule has 0 aliphatic carbocycles. The van der Waals surface area contributed by atoms with Crippen LogP contribution in [0.4, 0.5) is 0 Å². The van der Waals surface area contributed by atoms with E-state index in [-0.39, 0.29) is 5.91 Å². The number of hydrogen-bond donors (Lipinski definition) is 3. The molecule has 1 heterocycles. The van der Waals surface area contributed by atoms with Gasteiger partial charge in [0, 0.05) is 25.5 Å². The lowest BCUT2D eigenvalue weighted by Crippen LogP contribution is -2.29. The van der Waals surface area contributed by atoms with Crippen LogP contribution in [0.15, 0.2) is 28.7 Å². The van der Waals surface area contributed by atoms with Crippen molar-refractivity contribution in [2.24, 2.45) is 0 Å². The summed E-state index contributed by atoms with van der Waals surface area (Å²) in [6, 6.07) is 6.47. The van der Waals surface area contributed by atoms with E-state index in [1.807, 2.05) is 0 Å². The van der Waals surface area contributed by atoms with E-state index in [1.54, 1.807) is 24.3 Å². The number of rotatable bonds is 5. The molecule has 3 N–H and O–H groups in total. The summed E-state index contributed by atoms with van der Waals surface area (Å²) >= 11 is 0. The molecule has 0 spiro atoms. The van der Waals surface area contributed by atoms with Gasteiger partial charge in [-0.05, 0) is 17.6 Å². The van der Waals surface area contributed by atoms with Gasteiger partial charge >= 0.3 is 7.12 Å². The first-order chi connectivity index (χ1) is 9.56. The van der Waals surface area contributed by atoms with Gasteiger partial charge in [-0.2, -0.15) is 0 Å². The van der Waals surface area contributed by atoms with Gasteiger partial charge < -0.3 is 19.8 Å². The third-order valence-electron chi connectivity index (χ3n) is 2.64. The largest absolute Gasteiger partial charge is 0.488 e.